The van der Waals surface area contributed by atoms with Gasteiger partial charge in [0, 0.05) is 21.3 Å². The van der Waals surface area contributed by atoms with Crippen LogP contribution in [0, 0.1) is 56.7 Å². The van der Waals surface area contributed by atoms with E-state index >= 15 is 0 Å². The first kappa shape index (κ1) is 25.4. The zero-order chi connectivity index (χ0) is 24.9. The summed E-state index contributed by atoms with van der Waals surface area (Å²) in [4.78, 5) is 13.4. The van der Waals surface area contributed by atoms with Crippen molar-refractivity contribution in [2.24, 2.45) is 56.7 Å². The average Bonchev–Trinajstić information content (AvgIpc) is 3.04. The Hall–Kier alpha value is -0.200. The zero-order valence-corrected chi connectivity index (χ0v) is 24.5. The fourth-order valence-electron chi connectivity index (χ4n) is 11.2. The molecule has 3 heteroatoms. The van der Waals surface area contributed by atoms with E-state index in [9.17, 15) is 4.79 Å². The van der Waals surface area contributed by atoms with Gasteiger partial charge in [0.05, 0.1) is 6.61 Å². The van der Waals surface area contributed by atoms with E-state index in [0.29, 0.717) is 46.9 Å². The third kappa shape index (κ3) is 3.03. The molecule has 9 atom stereocenters. The maximum absolute atomic E-state index is 13.4. The molecule has 0 aromatic rings. The fourth-order valence-corrected chi connectivity index (χ4v) is 11.6. The van der Waals surface area contributed by atoms with E-state index in [-0.39, 0.29) is 10.8 Å². The lowest BCUT2D eigenvalue weighted by atomic mass is 9.32. The largest absolute Gasteiger partial charge is 0.365 e. The molecule has 4 fully saturated rings. The van der Waals surface area contributed by atoms with Gasteiger partial charge in [0.15, 0.2) is 5.78 Å². The summed E-state index contributed by atoms with van der Waals surface area (Å²) in [6, 6.07) is 0. The van der Waals surface area contributed by atoms with Crippen molar-refractivity contribution < 1.29 is 9.32 Å². The lowest BCUT2D eigenvalue weighted by Gasteiger charge is -2.72. The number of rotatable bonds is 3. The molecule has 0 spiro atoms. The molecule has 0 bridgehead atoms. The van der Waals surface area contributed by atoms with Gasteiger partial charge in [-0.3, -0.25) is 4.79 Å². The molecular formula is C31H51O2P. The highest BCUT2D eigenvalue weighted by Crippen LogP contribution is 2.77. The second-order valence-corrected chi connectivity index (χ2v) is 15.4. The van der Waals surface area contributed by atoms with Crippen molar-refractivity contribution >= 4 is 15.2 Å². The van der Waals surface area contributed by atoms with Gasteiger partial charge in [-0.1, -0.05) is 61.0 Å². The fraction of sp³-hybridized carbons (Fsp3) is 0.903. The summed E-state index contributed by atoms with van der Waals surface area (Å²) in [7, 11) is 2.48. The van der Waals surface area contributed by atoms with Gasteiger partial charge in [-0.05, 0) is 108 Å². The number of ketones is 1. The van der Waals surface area contributed by atoms with E-state index in [1.54, 1.807) is 5.57 Å². The van der Waals surface area contributed by atoms with Crippen molar-refractivity contribution in [3.8, 4) is 0 Å². The van der Waals surface area contributed by atoms with Gasteiger partial charge in [-0.2, -0.15) is 0 Å². The zero-order valence-electron chi connectivity index (χ0n) is 23.4. The number of hydrogen-bond donors (Lipinski definition) is 0. The van der Waals surface area contributed by atoms with E-state index in [1.165, 1.54) is 50.5 Å². The Labute approximate surface area is 212 Å². The minimum atomic E-state index is -0.0465. The third-order valence-electron chi connectivity index (χ3n) is 13.5. The van der Waals surface area contributed by atoms with Gasteiger partial charge in [0.2, 0.25) is 0 Å². The highest BCUT2D eigenvalue weighted by atomic mass is 31.0. The summed E-state index contributed by atoms with van der Waals surface area (Å²) in [5.74, 6) is 3.75. The first-order valence-electron chi connectivity index (χ1n) is 14.4. The smallest absolute Gasteiger partial charge is 0.160 e. The van der Waals surface area contributed by atoms with Gasteiger partial charge >= 0.3 is 0 Å². The quantitative estimate of drug-likeness (QED) is 0.374. The summed E-state index contributed by atoms with van der Waals surface area (Å²) >= 11 is 0. The number of allylic oxidation sites excluding steroid dienone is 1. The average molecular weight is 487 g/mol. The molecule has 1 unspecified atom stereocenters. The molecule has 5 aliphatic rings. The SMILES string of the molecule is CC(C)C1=C2[C@H]3CC[C@@H]4[C@@]5(C)CC[C@H](C)C(C)(C)[C@@H]5CC[C@@]4(C)[C@]3(C)CC[C@@]2(COP)CC1=O. The molecule has 0 amide bonds. The highest BCUT2D eigenvalue weighted by Gasteiger charge is 2.69. The molecule has 0 aliphatic heterocycles. The third-order valence-corrected chi connectivity index (χ3v) is 13.7. The molecular weight excluding hydrogens is 435 g/mol. The van der Waals surface area contributed by atoms with Gasteiger partial charge < -0.3 is 4.52 Å². The van der Waals surface area contributed by atoms with Crippen LogP contribution in [0.5, 0.6) is 0 Å². The van der Waals surface area contributed by atoms with Crippen molar-refractivity contribution in [1.82, 2.24) is 0 Å². The van der Waals surface area contributed by atoms with Crippen molar-refractivity contribution in [2.75, 3.05) is 6.61 Å². The van der Waals surface area contributed by atoms with Crippen LogP contribution in [-0.4, -0.2) is 12.4 Å². The maximum Gasteiger partial charge on any atom is 0.160 e. The Kier molecular flexibility index (Phi) is 5.91. The van der Waals surface area contributed by atoms with E-state index < -0.39 is 0 Å². The molecule has 0 radical (unpaired) electrons. The normalized spacial score (nSPS) is 50.0. The molecule has 5 aliphatic carbocycles. The van der Waals surface area contributed by atoms with Crippen LogP contribution in [0.25, 0.3) is 0 Å². The lowest BCUT2D eigenvalue weighted by Crippen LogP contribution is -2.65. The predicted molar refractivity (Wildman–Crippen MR) is 144 cm³/mol. The molecule has 0 heterocycles. The molecule has 192 valence electrons. The molecule has 0 N–H and O–H groups in total. The number of fused-ring (bicyclic) bond motifs is 7. The van der Waals surface area contributed by atoms with Gasteiger partial charge in [-0.25, -0.2) is 0 Å². The molecule has 2 nitrogen and oxygen atoms in total. The summed E-state index contributed by atoms with van der Waals surface area (Å²) in [5, 5.41) is 0. The number of Topliss-reactive ketones (excluding diaryl/α,β-unsaturated/α-hetero) is 1. The molecule has 5 rings (SSSR count). The Bertz CT molecular complexity index is 903. The topological polar surface area (TPSA) is 26.3 Å². The van der Waals surface area contributed by atoms with E-state index in [2.05, 4.69) is 64.9 Å². The standard InChI is InChI=1S/C31H51O2P/c1-19(2)25-22(32)17-31(18-33-34)16-15-29(7)21(26(25)31)9-10-24-28(6)13-11-20(3)27(4,5)23(28)12-14-30(24,29)8/h19-21,23-24H,9-18,34H2,1-8H3/t20-,21+,23-,24+,28-,29+,30+,31-/m0/s1. The van der Waals surface area contributed by atoms with Crippen molar-refractivity contribution in [2.45, 2.75) is 113 Å². The van der Waals surface area contributed by atoms with Crippen LogP contribution in [0.15, 0.2) is 11.1 Å². The van der Waals surface area contributed by atoms with Crippen LogP contribution in [-0.2, 0) is 9.32 Å². The molecule has 0 aromatic heterocycles. The number of carbonyl (C=O) groups is 1. The predicted octanol–water partition coefficient (Wildman–Crippen LogP) is 8.41. The van der Waals surface area contributed by atoms with Crippen molar-refractivity contribution in [3.63, 3.8) is 0 Å². The van der Waals surface area contributed by atoms with Gasteiger partial charge in [-0.15, -0.1) is 0 Å². The first-order valence-corrected chi connectivity index (χ1v) is 14.8. The van der Waals surface area contributed by atoms with E-state index in [0.717, 1.165) is 24.2 Å². The van der Waals surface area contributed by atoms with Crippen LogP contribution >= 0.6 is 9.47 Å². The number of hydrogen-bond acceptors (Lipinski definition) is 2. The van der Waals surface area contributed by atoms with Crippen LogP contribution in [0.2, 0.25) is 0 Å². The minimum absolute atomic E-state index is 0.0465. The Balaban J connectivity index is 1.60. The molecule has 0 saturated heterocycles. The van der Waals surface area contributed by atoms with Gasteiger partial charge in [0.25, 0.3) is 0 Å². The molecule has 34 heavy (non-hydrogen) atoms. The first-order chi connectivity index (χ1) is 15.8. The summed E-state index contributed by atoms with van der Waals surface area (Å²) < 4.78 is 5.76. The minimum Gasteiger partial charge on any atom is -0.365 e. The van der Waals surface area contributed by atoms with Gasteiger partial charge in [0.1, 0.15) is 0 Å². The monoisotopic (exact) mass is 486 g/mol. The summed E-state index contributed by atoms with van der Waals surface area (Å²) in [5.41, 5.74) is 4.22. The van der Waals surface area contributed by atoms with Crippen LogP contribution < -0.4 is 0 Å². The van der Waals surface area contributed by atoms with E-state index in [4.69, 9.17) is 4.52 Å². The Morgan fingerprint density at radius 1 is 0.912 bits per heavy atom. The van der Waals surface area contributed by atoms with Crippen molar-refractivity contribution in [3.05, 3.63) is 11.1 Å². The molecule has 4 saturated carbocycles. The van der Waals surface area contributed by atoms with Crippen LogP contribution in [0.4, 0.5) is 0 Å². The van der Waals surface area contributed by atoms with Crippen LogP contribution in [0.1, 0.15) is 113 Å². The Morgan fingerprint density at radius 3 is 2.26 bits per heavy atom. The number of carbonyl (C=O) groups excluding carboxylic acids is 1. The maximum atomic E-state index is 13.4. The van der Waals surface area contributed by atoms with Crippen LogP contribution in [0.3, 0.4) is 0 Å². The second-order valence-electron chi connectivity index (χ2n) is 15.0. The summed E-state index contributed by atoms with van der Waals surface area (Å²) in [6.07, 6.45) is 11.2. The van der Waals surface area contributed by atoms with Crippen molar-refractivity contribution in [1.29, 1.82) is 0 Å². The lowest BCUT2D eigenvalue weighted by molar-refractivity contribution is -0.220. The second kappa shape index (κ2) is 7.90. The highest BCUT2D eigenvalue weighted by molar-refractivity contribution is 7.09. The van der Waals surface area contributed by atoms with E-state index in [1.807, 2.05) is 0 Å². The summed E-state index contributed by atoms with van der Waals surface area (Å²) in [6.45, 7) is 20.9. The molecule has 0 aromatic carbocycles. The Morgan fingerprint density at radius 2 is 1.62 bits per heavy atom.